The number of nitrogens with zero attached hydrogens (tertiary/aromatic N) is 5. The van der Waals surface area contributed by atoms with Crippen LogP contribution in [0.25, 0.3) is 0 Å². The fraction of sp³-hybridized carbons (Fsp3) is 0.699. The number of esters is 1. The maximum absolute atomic E-state index is 13.7. The fourth-order valence-corrected chi connectivity index (χ4v) is 20.1. The van der Waals surface area contributed by atoms with Crippen molar-refractivity contribution in [3.8, 4) is 0 Å². The summed E-state index contributed by atoms with van der Waals surface area (Å²) in [6.45, 7) is 34.1. The number of nitrogens with one attached hydrogen (secondary N) is 8. The predicted molar refractivity (Wildman–Crippen MR) is 558 cm³/mol. The highest BCUT2D eigenvalue weighted by molar-refractivity contribution is 8.94. The number of amides is 17. The van der Waals surface area contributed by atoms with Crippen LogP contribution in [0.5, 0.6) is 0 Å². The highest BCUT2D eigenvalue weighted by Gasteiger charge is 2.59. The summed E-state index contributed by atoms with van der Waals surface area (Å²) in [5, 5.41) is 21.3. The molecule has 0 radical (unpaired) electrons. The van der Waals surface area contributed by atoms with E-state index in [4.69, 9.17) is 65.7 Å². The third kappa shape index (κ3) is 56.3. The van der Waals surface area contributed by atoms with Gasteiger partial charge >= 0.3 is 54.6 Å². The average molecular weight is 2200 g/mol. The molecule has 1 aliphatic carbocycles. The number of ketones is 3. The van der Waals surface area contributed by atoms with Crippen molar-refractivity contribution in [2.75, 3.05) is 111 Å². The highest BCUT2D eigenvalue weighted by atomic mass is 33.2. The minimum absolute atomic E-state index is 0. The van der Waals surface area contributed by atoms with Gasteiger partial charge in [0.25, 0.3) is 11.8 Å². The molecule has 4 heterocycles. The molecular formula is C93H157N17O31S6. The number of imide groups is 1. The van der Waals surface area contributed by atoms with E-state index in [0.29, 0.717) is 63.0 Å². The lowest BCUT2D eigenvalue weighted by atomic mass is 9.98. The zero-order chi connectivity index (χ0) is 111. The Bertz CT molecular complexity index is 4230. The SMILES string of the molecule is C=CCOC(=O)NC1([C@@H](CCCCCC(=O)CCN(CCN(CCC(=O)NCCCC[C@@H](C(N)=O)C2(NC(=O)OCC=C)SS2)C(=O)CCNC(=O)OC(C)(C)C)C(=O)CCNC(=O)OC(C)(C)C)C(N)=O)SS1.C=CCOC(=O)NC1([C@@H](CCCCN)C(N)=O)SS1.CC.CC(C)(C)OC(=O)NCCC(=O)N(CCC(=O)OC1C(=O)CCC1=O)CCN(CCC(=O)ON1C(=O)CCC1=O)C(=O)CCNC(=O)OC(C)(C)C.[HH].[HH].[HH]. The van der Waals surface area contributed by atoms with E-state index in [9.17, 15) is 105 Å². The lowest BCUT2D eigenvalue weighted by Gasteiger charge is -2.28. The summed E-state index contributed by atoms with van der Waals surface area (Å²) in [6, 6.07) is 0. The number of hydrogen-bond donors (Lipinski definition) is 12. The van der Waals surface area contributed by atoms with Crippen LogP contribution in [0.4, 0.5) is 33.6 Å². The van der Waals surface area contributed by atoms with E-state index in [0.717, 1.165) is 12.8 Å². The summed E-state index contributed by atoms with van der Waals surface area (Å²) >= 11 is 0. The molecule has 4 saturated heterocycles. The summed E-state index contributed by atoms with van der Waals surface area (Å²) in [4.78, 5) is 284. The van der Waals surface area contributed by atoms with Gasteiger partial charge in [-0.15, -0.1) is 5.06 Å². The number of alkyl carbamates (subject to hydrolysis) is 7. The summed E-state index contributed by atoms with van der Waals surface area (Å²) < 4.78 is 38.3. The molecule has 16 N–H and O–H groups in total. The molecule has 0 unspecified atom stereocenters. The number of carbonyl (C=O) groups excluding carboxylic acids is 22. The van der Waals surface area contributed by atoms with E-state index < -0.39 is 191 Å². The van der Waals surface area contributed by atoms with E-state index in [-0.39, 0.29) is 192 Å². The number of rotatable bonds is 62. The van der Waals surface area contributed by atoms with Crippen LogP contribution in [0.2, 0.25) is 0 Å². The van der Waals surface area contributed by atoms with Crippen LogP contribution in [0, 0.1) is 17.8 Å². The minimum Gasteiger partial charge on any atom is -0.446 e. The Kier molecular flexibility index (Phi) is 60.3. The van der Waals surface area contributed by atoms with Crippen LogP contribution in [0.1, 0.15) is 249 Å². The maximum Gasteiger partial charge on any atom is 0.409 e. The van der Waals surface area contributed by atoms with Gasteiger partial charge in [-0.05, 0) is 193 Å². The van der Waals surface area contributed by atoms with Gasteiger partial charge in [-0.2, -0.15) is 0 Å². The average Bonchev–Trinajstić information content (AvgIpc) is 1.63. The Labute approximate surface area is 886 Å². The molecule has 0 spiro atoms. The molecule has 5 aliphatic rings. The lowest BCUT2D eigenvalue weighted by Crippen LogP contribution is -2.46. The number of primary amides is 3. The third-order valence-electron chi connectivity index (χ3n) is 20.5. The minimum atomic E-state index is -1.50. The summed E-state index contributed by atoms with van der Waals surface area (Å²) in [6.07, 6.45) is 1.48. The number of Topliss-reactive ketones (excluding diaryl/α,β-unsaturated/α-hetero) is 3. The second kappa shape index (κ2) is 67.2. The molecule has 48 nitrogen and oxygen atoms in total. The second-order valence-electron chi connectivity index (χ2n) is 37.3. The Balaban J connectivity index is 0. The first kappa shape index (κ1) is 132. The van der Waals surface area contributed by atoms with Gasteiger partial charge in [-0.1, -0.05) is 77.5 Å². The Morgan fingerprint density at radius 1 is 0.381 bits per heavy atom. The van der Waals surface area contributed by atoms with Crippen molar-refractivity contribution in [2.45, 2.75) is 286 Å². The van der Waals surface area contributed by atoms with Gasteiger partial charge in [0.1, 0.15) is 48.0 Å². The van der Waals surface area contributed by atoms with Crippen LogP contribution in [0.15, 0.2) is 38.0 Å². The number of hydroxylamine groups is 2. The number of carbonyl (C=O) groups is 22. The maximum atomic E-state index is 13.7. The molecule has 3 atom stereocenters. The van der Waals surface area contributed by atoms with Crippen LogP contribution in [-0.2, 0) is 115 Å². The number of unbranched alkanes of at least 4 members (excludes halogenated alkanes) is 4. The quantitative estimate of drug-likeness (QED) is 0.00395. The first-order chi connectivity index (χ1) is 68.9. The molecule has 5 fully saturated rings. The Hall–Kier alpha value is -11.0. The third-order valence-corrected chi connectivity index (χ3v) is 29.1. The fourth-order valence-electron chi connectivity index (χ4n) is 13.3. The monoisotopic (exact) mass is 2200 g/mol. The summed E-state index contributed by atoms with van der Waals surface area (Å²) in [7, 11) is 8.05. The van der Waals surface area contributed by atoms with Gasteiger partial charge in [-0.25, -0.2) is 38.4 Å². The normalized spacial score (nSPS) is 15.0. The van der Waals surface area contributed by atoms with Crippen molar-refractivity contribution in [3.63, 3.8) is 0 Å². The van der Waals surface area contributed by atoms with Crippen molar-refractivity contribution in [3.05, 3.63) is 38.0 Å². The zero-order valence-corrected chi connectivity index (χ0v) is 91.5. The van der Waals surface area contributed by atoms with Gasteiger partial charge in [0.2, 0.25) is 53.4 Å². The molecule has 0 aromatic heterocycles. The standard InChI is InChI=1S/C47H77N9O14S4.C33H49N5O14.C11H19N3O3S2.C2H6.3H2/c1-9-30-67-42(65)53-46(71-72-46)33(38(48)61)17-13-11-12-16-32(57)21-26-55(36(59)19-24-51-40(63)69-44(3,4)5)28-29-56(37(60)20-25-52-41(64)70-45(6,7)8)27-22-35(58)50-23-15-14-18-34(39(49)62)47(73-74-47)54-43(66)68-31-10-2;1-32(2,3)50-30(47)34-15-11-23(41)36(17-13-27(45)49-29-21(39)7-8-22(29)40)19-20-37(24(42)12-16-35-31(48)51-33(4,5)6)18-14-28(46)52-38-25(43)9-10-26(38)44;1-2-7-17-10(16)14-11(18-19-11)8(9(13)15)5-3-4-6-12;1-2;;;/h9-10,33-34H,1-2,11-31H2,3-8H3,(H2,48,61)(H2,49,62)(H,50,58)(H,51,63)(H,52,64)(H,53,65)(H,54,66);29H,7-20H2,1-6H3,(H,34,47)(H,35,48);2,8H,1,3-7,12H2,(H2,13,15)(H,14,16);1-2H3;3*1H/t33-,34-;;8-;;;;/m0.0..../s1. The molecule has 54 heteroatoms. The number of ether oxygens (including phenoxy) is 8. The topological polar surface area (TPSA) is 675 Å². The largest absolute Gasteiger partial charge is 0.446 e. The first-order valence-electron chi connectivity index (χ1n) is 48.4. The molecular weight excluding hydrogens is 2040 g/mol. The van der Waals surface area contributed by atoms with Crippen molar-refractivity contribution in [1.82, 2.24) is 67.2 Å². The van der Waals surface area contributed by atoms with Gasteiger partial charge in [0.05, 0.1) is 30.6 Å². The van der Waals surface area contributed by atoms with E-state index >= 15 is 0 Å². The number of nitrogens with two attached hydrogens (primary N) is 4. The summed E-state index contributed by atoms with van der Waals surface area (Å²) in [5.74, 6) is -10.2. The van der Waals surface area contributed by atoms with Gasteiger partial charge in [0.15, 0.2) is 24.2 Å². The molecule has 0 bridgehead atoms. The molecule has 17 amide bonds. The van der Waals surface area contributed by atoms with Gasteiger partial charge < -0.3 is 112 Å². The van der Waals surface area contributed by atoms with Crippen LogP contribution < -0.4 is 65.5 Å². The van der Waals surface area contributed by atoms with E-state index in [1.807, 2.05) is 13.8 Å². The van der Waals surface area contributed by atoms with E-state index in [1.54, 1.807) is 83.1 Å². The zero-order valence-electron chi connectivity index (χ0n) is 86.6. The summed E-state index contributed by atoms with van der Waals surface area (Å²) in [5.41, 5.74) is 19.1. The van der Waals surface area contributed by atoms with Crippen LogP contribution >= 0.6 is 64.8 Å². The van der Waals surface area contributed by atoms with E-state index in [2.05, 4.69) is 62.3 Å². The van der Waals surface area contributed by atoms with Crippen molar-refractivity contribution in [1.29, 1.82) is 0 Å². The molecule has 0 aromatic rings. The van der Waals surface area contributed by atoms with Gasteiger partial charge in [-0.3, -0.25) is 83.1 Å². The molecule has 1 saturated carbocycles. The number of hydrogen-bond acceptors (Lipinski definition) is 38. The predicted octanol–water partition coefficient (Wildman–Crippen LogP) is 8.83. The van der Waals surface area contributed by atoms with Crippen LogP contribution in [-0.4, -0.2) is 308 Å². The smallest absolute Gasteiger partial charge is 0.409 e. The Morgan fingerprint density at radius 2 is 0.680 bits per heavy atom. The van der Waals surface area contributed by atoms with Crippen molar-refractivity contribution in [2.24, 2.45) is 40.7 Å². The highest BCUT2D eigenvalue weighted by Crippen LogP contribution is 2.69. The van der Waals surface area contributed by atoms with Crippen LogP contribution in [0.3, 0.4) is 0 Å². The lowest BCUT2D eigenvalue weighted by molar-refractivity contribution is -0.197. The molecule has 147 heavy (non-hydrogen) atoms. The van der Waals surface area contributed by atoms with Crippen molar-refractivity contribution >= 4 is 196 Å². The first-order valence-corrected chi connectivity index (χ1v) is 54.8. The molecule has 5 rings (SSSR count). The molecule has 836 valence electrons. The van der Waals surface area contributed by atoms with Gasteiger partial charge in [0, 0.05) is 160 Å². The van der Waals surface area contributed by atoms with Crippen molar-refractivity contribution < 1.29 is 152 Å². The second-order valence-corrected chi connectivity index (χ2v) is 45.9. The molecule has 4 aliphatic heterocycles. The Morgan fingerprint density at radius 3 is 0.980 bits per heavy atom. The van der Waals surface area contributed by atoms with E-state index in [1.165, 1.54) is 103 Å². The molecule has 0 aromatic carbocycles.